The lowest BCUT2D eigenvalue weighted by Crippen LogP contribution is -2.25. The van der Waals surface area contributed by atoms with Gasteiger partial charge in [0.25, 0.3) is 0 Å². The number of thiophene rings is 2. The average Bonchev–Trinajstić information content (AvgIpc) is 3.35. The first kappa shape index (κ1) is 16.7. The highest BCUT2D eigenvalue weighted by Gasteiger charge is 2.10. The molecule has 0 saturated heterocycles. The van der Waals surface area contributed by atoms with Gasteiger partial charge in [-0.2, -0.15) is 4.37 Å². The van der Waals surface area contributed by atoms with E-state index < -0.39 is 0 Å². The van der Waals surface area contributed by atoms with Crippen molar-refractivity contribution < 1.29 is 0 Å². The van der Waals surface area contributed by atoms with Gasteiger partial charge in [-0.1, -0.05) is 18.2 Å². The van der Waals surface area contributed by atoms with Gasteiger partial charge >= 0.3 is 0 Å². The highest BCUT2D eigenvalue weighted by Crippen LogP contribution is 2.32. The molecule has 0 saturated carbocycles. The van der Waals surface area contributed by atoms with E-state index in [4.69, 9.17) is 5.73 Å². The molecular weight excluding hydrogens is 366 g/mol. The molecule has 0 aliphatic heterocycles. The molecule has 0 radical (unpaired) electrons. The molecule has 0 fully saturated rings. The van der Waals surface area contributed by atoms with E-state index in [1.807, 2.05) is 17.4 Å². The normalized spacial score (nSPS) is 12.5. The number of nitrogens with zero attached hydrogens (tertiary/aromatic N) is 1. The summed E-state index contributed by atoms with van der Waals surface area (Å²) in [6.07, 6.45) is 1.85. The number of nitrogens with two attached hydrogens (primary N) is 1. The summed E-state index contributed by atoms with van der Waals surface area (Å²) in [5, 5.41) is 6.75. The monoisotopic (exact) mass is 385 g/mol. The van der Waals surface area contributed by atoms with Gasteiger partial charge in [0.15, 0.2) is 0 Å². The summed E-state index contributed by atoms with van der Waals surface area (Å²) in [6.45, 7) is 0.845. The Bertz CT molecular complexity index is 940. The minimum Gasteiger partial charge on any atom is -0.369 e. The second-order valence-electron chi connectivity index (χ2n) is 5.95. The van der Waals surface area contributed by atoms with E-state index in [9.17, 15) is 0 Å². The molecule has 1 unspecified atom stereocenters. The van der Waals surface area contributed by atoms with Crippen molar-refractivity contribution in [2.24, 2.45) is 5.73 Å². The molecule has 3 heterocycles. The molecule has 4 rings (SSSR count). The van der Waals surface area contributed by atoms with Gasteiger partial charge < -0.3 is 11.1 Å². The van der Waals surface area contributed by atoms with E-state index in [1.165, 1.54) is 36.3 Å². The van der Waals surface area contributed by atoms with Crippen molar-refractivity contribution in [3.8, 4) is 9.75 Å². The summed E-state index contributed by atoms with van der Waals surface area (Å²) in [6, 6.07) is 17.2. The zero-order valence-electron chi connectivity index (χ0n) is 13.6. The third-order valence-corrected chi connectivity index (χ3v) is 7.07. The molecule has 3 N–H and O–H groups in total. The number of fused-ring (bicyclic) bond motifs is 1. The van der Waals surface area contributed by atoms with Crippen LogP contribution in [0.3, 0.4) is 0 Å². The zero-order valence-corrected chi connectivity index (χ0v) is 16.1. The second-order valence-corrected chi connectivity index (χ2v) is 8.87. The van der Waals surface area contributed by atoms with Gasteiger partial charge in [-0.25, -0.2) is 0 Å². The Labute approximate surface area is 159 Å². The van der Waals surface area contributed by atoms with E-state index >= 15 is 0 Å². The maximum absolute atomic E-state index is 6.34. The van der Waals surface area contributed by atoms with Crippen LogP contribution in [-0.2, 0) is 6.42 Å². The van der Waals surface area contributed by atoms with Gasteiger partial charge in [0, 0.05) is 32.6 Å². The van der Waals surface area contributed by atoms with Gasteiger partial charge in [0.05, 0.1) is 4.70 Å². The summed E-state index contributed by atoms with van der Waals surface area (Å²) in [4.78, 5) is 4.03. The third kappa shape index (κ3) is 3.93. The van der Waals surface area contributed by atoms with Crippen molar-refractivity contribution in [1.29, 1.82) is 0 Å². The predicted octanol–water partition coefficient (Wildman–Crippen LogP) is 5.46. The molecule has 3 nitrogen and oxygen atoms in total. The van der Waals surface area contributed by atoms with Crippen molar-refractivity contribution in [3.05, 3.63) is 58.8 Å². The van der Waals surface area contributed by atoms with Crippen molar-refractivity contribution in [1.82, 2.24) is 4.37 Å². The summed E-state index contributed by atoms with van der Waals surface area (Å²) < 4.78 is 5.72. The minimum absolute atomic E-state index is 0.159. The van der Waals surface area contributed by atoms with Crippen LogP contribution in [-0.4, -0.2) is 17.0 Å². The van der Waals surface area contributed by atoms with Crippen LogP contribution in [0.4, 0.5) is 5.82 Å². The molecule has 0 aliphatic rings. The first-order valence-corrected chi connectivity index (χ1v) is 10.7. The maximum atomic E-state index is 6.34. The number of nitrogens with one attached hydrogen (secondary N) is 1. The van der Waals surface area contributed by atoms with Crippen molar-refractivity contribution in [3.63, 3.8) is 0 Å². The number of hydrogen-bond donors (Lipinski definition) is 2. The Hall–Kier alpha value is -1.73. The van der Waals surface area contributed by atoms with Gasteiger partial charge in [0.1, 0.15) is 5.82 Å². The van der Waals surface area contributed by atoms with Crippen LogP contribution in [0.15, 0.2) is 53.9 Å². The Balaban J connectivity index is 1.30. The van der Waals surface area contributed by atoms with E-state index in [2.05, 4.69) is 57.5 Å². The number of hydrogen-bond acceptors (Lipinski definition) is 6. The fourth-order valence-corrected chi connectivity index (χ4v) is 5.48. The van der Waals surface area contributed by atoms with Crippen LogP contribution >= 0.6 is 34.2 Å². The quantitative estimate of drug-likeness (QED) is 0.444. The largest absolute Gasteiger partial charge is 0.369 e. The molecule has 3 aromatic heterocycles. The minimum atomic E-state index is 0.159. The Morgan fingerprint density at radius 3 is 2.84 bits per heavy atom. The Morgan fingerprint density at radius 1 is 1.04 bits per heavy atom. The molecular formula is C19H19N3S3. The fourth-order valence-electron chi connectivity index (χ4n) is 2.79. The standard InChI is InChI=1S/C19H19N3S3/c20-13(12-14-7-8-18(24-14)17-6-3-11-23-17)9-10-21-19-15-4-1-2-5-16(15)25-22-19/h1-8,11,13H,9-10,12,20H2,(H,21,22). The second kappa shape index (κ2) is 7.66. The Morgan fingerprint density at radius 2 is 1.96 bits per heavy atom. The lowest BCUT2D eigenvalue weighted by atomic mass is 10.1. The molecule has 1 aromatic carbocycles. The summed E-state index contributed by atoms with van der Waals surface area (Å²) in [5.41, 5.74) is 6.34. The molecule has 25 heavy (non-hydrogen) atoms. The van der Waals surface area contributed by atoms with E-state index in [0.29, 0.717) is 0 Å². The lowest BCUT2D eigenvalue weighted by molar-refractivity contribution is 0.634. The number of anilines is 1. The van der Waals surface area contributed by atoms with Crippen LogP contribution in [0.5, 0.6) is 0 Å². The molecule has 0 aliphatic carbocycles. The van der Waals surface area contributed by atoms with Crippen LogP contribution in [0.25, 0.3) is 19.8 Å². The average molecular weight is 386 g/mol. The smallest absolute Gasteiger partial charge is 0.147 e. The topological polar surface area (TPSA) is 50.9 Å². The van der Waals surface area contributed by atoms with Gasteiger partial charge in [-0.15, -0.1) is 22.7 Å². The number of rotatable bonds is 7. The first-order valence-electron chi connectivity index (χ1n) is 8.26. The van der Waals surface area contributed by atoms with E-state index in [0.717, 1.165) is 25.2 Å². The summed E-state index contributed by atoms with van der Waals surface area (Å²) >= 11 is 5.17. The van der Waals surface area contributed by atoms with Crippen molar-refractivity contribution in [2.75, 3.05) is 11.9 Å². The SMILES string of the molecule is NC(CCNc1nsc2ccccc12)Cc1ccc(-c2cccs2)s1. The lowest BCUT2D eigenvalue weighted by Gasteiger charge is -2.11. The van der Waals surface area contributed by atoms with Crippen LogP contribution in [0.2, 0.25) is 0 Å². The predicted molar refractivity (Wildman–Crippen MR) is 112 cm³/mol. The van der Waals surface area contributed by atoms with Crippen molar-refractivity contribution >= 4 is 50.1 Å². The molecule has 4 aromatic rings. The zero-order chi connectivity index (χ0) is 17.1. The molecule has 0 bridgehead atoms. The Kier molecular flexibility index (Phi) is 5.12. The van der Waals surface area contributed by atoms with Gasteiger partial charge in [0.2, 0.25) is 0 Å². The summed E-state index contributed by atoms with van der Waals surface area (Å²) in [7, 11) is 0. The van der Waals surface area contributed by atoms with Gasteiger partial charge in [-0.05, 0) is 60.1 Å². The molecule has 0 spiro atoms. The maximum Gasteiger partial charge on any atom is 0.147 e. The third-order valence-electron chi connectivity index (χ3n) is 4.07. The molecule has 1 atom stereocenters. The number of benzene rings is 1. The highest BCUT2D eigenvalue weighted by molar-refractivity contribution is 7.21. The molecule has 0 amide bonds. The number of aromatic nitrogens is 1. The molecule has 128 valence electrons. The van der Waals surface area contributed by atoms with E-state index in [1.54, 1.807) is 11.3 Å². The first-order chi connectivity index (χ1) is 12.3. The molecule has 6 heteroatoms. The van der Waals surface area contributed by atoms with Crippen molar-refractivity contribution in [2.45, 2.75) is 18.9 Å². The van der Waals surface area contributed by atoms with Crippen LogP contribution < -0.4 is 11.1 Å². The highest BCUT2D eigenvalue weighted by atomic mass is 32.1. The van der Waals surface area contributed by atoms with Gasteiger partial charge in [-0.3, -0.25) is 0 Å². The summed E-state index contributed by atoms with van der Waals surface area (Å²) in [5.74, 6) is 0.976. The van der Waals surface area contributed by atoms with Crippen LogP contribution in [0.1, 0.15) is 11.3 Å². The fraction of sp³-hybridized carbons (Fsp3) is 0.211. The van der Waals surface area contributed by atoms with E-state index in [-0.39, 0.29) is 6.04 Å². The van der Waals surface area contributed by atoms with Crippen LogP contribution in [0, 0.1) is 0 Å².